The lowest BCUT2D eigenvalue weighted by molar-refractivity contribution is 0.205. The summed E-state index contributed by atoms with van der Waals surface area (Å²) in [7, 11) is 1.68. The zero-order chi connectivity index (χ0) is 14.4. The van der Waals surface area contributed by atoms with Gasteiger partial charge in [0.15, 0.2) is 0 Å². The van der Waals surface area contributed by atoms with Crippen LogP contribution in [0.5, 0.6) is 0 Å². The third kappa shape index (κ3) is 3.25. The molecule has 2 rings (SSSR count). The minimum Gasteiger partial charge on any atom is -0.383 e. The van der Waals surface area contributed by atoms with Gasteiger partial charge in [0.25, 0.3) is 0 Å². The van der Waals surface area contributed by atoms with Gasteiger partial charge in [-0.25, -0.2) is 4.98 Å². The lowest BCUT2D eigenvalue weighted by Gasteiger charge is -2.24. The van der Waals surface area contributed by atoms with E-state index in [9.17, 15) is 0 Å². The van der Waals surface area contributed by atoms with Gasteiger partial charge in [-0.2, -0.15) is 5.26 Å². The van der Waals surface area contributed by atoms with Crippen LogP contribution in [0.4, 0.5) is 5.82 Å². The Balaban J connectivity index is 2.35. The van der Waals surface area contributed by atoms with Gasteiger partial charge in [-0.1, -0.05) is 18.2 Å². The van der Waals surface area contributed by atoms with E-state index in [-0.39, 0.29) is 0 Å². The van der Waals surface area contributed by atoms with Crippen LogP contribution in [0.3, 0.4) is 0 Å². The van der Waals surface area contributed by atoms with E-state index in [4.69, 9.17) is 15.0 Å². The first kappa shape index (κ1) is 14.3. The number of ether oxygens (including phenoxy) is 1. The van der Waals surface area contributed by atoms with Crippen molar-refractivity contribution in [3.8, 4) is 6.07 Å². The number of rotatable bonds is 6. The van der Waals surface area contributed by atoms with Crippen molar-refractivity contribution in [2.24, 2.45) is 0 Å². The maximum Gasteiger partial charge on any atom is 0.132 e. The van der Waals surface area contributed by atoms with Crippen LogP contribution in [0.2, 0.25) is 0 Å². The molecule has 0 atom stereocenters. The number of hydrogen-bond acceptors (Lipinski definition) is 4. The van der Waals surface area contributed by atoms with Gasteiger partial charge in [-0.05, 0) is 24.6 Å². The third-order valence-electron chi connectivity index (χ3n) is 3.25. The molecule has 1 aromatic carbocycles. The average Bonchev–Trinajstić information content (AvgIpc) is 2.47. The van der Waals surface area contributed by atoms with Crippen molar-refractivity contribution in [3.05, 3.63) is 35.9 Å². The zero-order valence-corrected chi connectivity index (χ0v) is 12.0. The number of para-hydroxylation sites is 1. The number of aromatic nitrogens is 1. The topological polar surface area (TPSA) is 49.1 Å². The number of pyridine rings is 1. The maximum absolute atomic E-state index is 8.80. The molecule has 0 amide bonds. The predicted molar refractivity (Wildman–Crippen MR) is 80.8 cm³/mol. The van der Waals surface area contributed by atoms with Gasteiger partial charge >= 0.3 is 0 Å². The zero-order valence-electron chi connectivity index (χ0n) is 12.0. The molecule has 0 unspecified atom stereocenters. The van der Waals surface area contributed by atoms with Crippen molar-refractivity contribution in [2.75, 3.05) is 31.7 Å². The molecule has 1 aromatic heterocycles. The summed E-state index contributed by atoms with van der Waals surface area (Å²) >= 11 is 0. The summed E-state index contributed by atoms with van der Waals surface area (Å²) in [6.45, 7) is 4.09. The van der Waals surface area contributed by atoms with Crippen LogP contribution in [0.1, 0.15) is 12.0 Å². The van der Waals surface area contributed by atoms with Gasteiger partial charge in [0.05, 0.1) is 24.6 Å². The molecule has 0 spiro atoms. The average molecular weight is 269 g/mol. The van der Waals surface area contributed by atoms with Crippen LogP contribution in [-0.2, 0) is 4.74 Å². The Bertz CT molecular complexity index is 619. The van der Waals surface area contributed by atoms with Crippen molar-refractivity contribution in [2.45, 2.75) is 13.3 Å². The molecule has 4 nitrogen and oxygen atoms in total. The second-order valence-electron chi connectivity index (χ2n) is 4.71. The molecule has 0 radical (unpaired) electrons. The molecule has 104 valence electrons. The van der Waals surface area contributed by atoms with Crippen molar-refractivity contribution in [1.82, 2.24) is 4.98 Å². The molecule has 0 saturated carbocycles. The quantitative estimate of drug-likeness (QED) is 0.809. The van der Waals surface area contributed by atoms with E-state index in [0.29, 0.717) is 19.6 Å². The molecule has 0 bridgehead atoms. The van der Waals surface area contributed by atoms with Gasteiger partial charge in [0, 0.05) is 25.6 Å². The highest BCUT2D eigenvalue weighted by atomic mass is 16.5. The molecule has 1 heterocycles. The van der Waals surface area contributed by atoms with Gasteiger partial charge < -0.3 is 9.64 Å². The van der Waals surface area contributed by atoms with E-state index in [1.807, 2.05) is 18.2 Å². The predicted octanol–water partition coefficient (Wildman–Crippen LogP) is 2.91. The second-order valence-corrected chi connectivity index (χ2v) is 4.71. The molecule has 0 aliphatic rings. The maximum atomic E-state index is 8.80. The Kier molecular flexibility index (Phi) is 4.91. The monoisotopic (exact) mass is 269 g/mol. The first-order chi connectivity index (χ1) is 9.76. The first-order valence-corrected chi connectivity index (χ1v) is 6.73. The smallest absolute Gasteiger partial charge is 0.132 e. The fourth-order valence-electron chi connectivity index (χ4n) is 2.24. The molecular formula is C16H19N3O. The molecule has 4 heteroatoms. The number of hydrogen-bond donors (Lipinski definition) is 0. The fourth-order valence-corrected chi connectivity index (χ4v) is 2.24. The van der Waals surface area contributed by atoms with E-state index in [1.54, 1.807) is 7.11 Å². The Morgan fingerprint density at radius 3 is 2.85 bits per heavy atom. The SMILES string of the molecule is COCCN(CCC#N)c1nc2ccccc2cc1C. The van der Waals surface area contributed by atoms with Crippen molar-refractivity contribution < 1.29 is 4.74 Å². The minimum absolute atomic E-state index is 0.484. The molecule has 0 aliphatic heterocycles. The molecule has 0 N–H and O–H groups in total. The number of nitriles is 1. The highest BCUT2D eigenvalue weighted by molar-refractivity contribution is 5.81. The Morgan fingerprint density at radius 2 is 2.10 bits per heavy atom. The van der Waals surface area contributed by atoms with Crippen molar-refractivity contribution >= 4 is 16.7 Å². The Hall–Kier alpha value is -2.12. The molecule has 2 aromatic rings. The highest BCUT2D eigenvalue weighted by Crippen LogP contribution is 2.23. The van der Waals surface area contributed by atoms with E-state index in [0.717, 1.165) is 28.8 Å². The summed E-state index contributed by atoms with van der Waals surface area (Å²) in [5, 5.41) is 9.94. The summed E-state index contributed by atoms with van der Waals surface area (Å²) in [6, 6.07) is 12.4. The summed E-state index contributed by atoms with van der Waals surface area (Å²) in [5.41, 5.74) is 2.10. The largest absolute Gasteiger partial charge is 0.383 e. The molecule has 0 saturated heterocycles. The lowest BCUT2D eigenvalue weighted by Crippen LogP contribution is -2.29. The molecule has 0 aliphatic carbocycles. The van der Waals surface area contributed by atoms with Crippen molar-refractivity contribution in [3.63, 3.8) is 0 Å². The number of benzene rings is 1. The fraction of sp³-hybridized carbons (Fsp3) is 0.375. The normalized spacial score (nSPS) is 10.4. The number of methoxy groups -OCH3 is 1. The third-order valence-corrected chi connectivity index (χ3v) is 3.25. The van der Waals surface area contributed by atoms with Crippen LogP contribution < -0.4 is 4.90 Å². The van der Waals surface area contributed by atoms with E-state index < -0.39 is 0 Å². The van der Waals surface area contributed by atoms with E-state index in [1.165, 1.54) is 0 Å². The Labute approximate surface area is 119 Å². The minimum atomic E-state index is 0.484. The van der Waals surface area contributed by atoms with Gasteiger partial charge in [0.1, 0.15) is 5.82 Å². The number of aryl methyl sites for hydroxylation is 1. The van der Waals surface area contributed by atoms with Crippen LogP contribution in [0, 0.1) is 18.3 Å². The summed E-state index contributed by atoms with van der Waals surface area (Å²) in [5.74, 6) is 0.941. The number of anilines is 1. The van der Waals surface area contributed by atoms with Gasteiger partial charge in [-0.15, -0.1) is 0 Å². The van der Waals surface area contributed by atoms with Gasteiger partial charge in [-0.3, -0.25) is 0 Å². The van der Waals surface area contributed by atoms with E-state index in [2.05, 4.69) is 30.0 Å². The van der Waals surface area contributed by atoms with Crippen molar-refractivity contribution in [1.29, 1.82) is 5.26 Å². The Morgan fingerprint density at radius 1 is 1.30 bits per heavy atom. The standard InChI is InChI=1S/C16H19N3O/c1-13-12-14-6-3-4-7-15(14)18-16(13)19(9-5-8-17)10-11-20-2/h3-4,6-7,12H,5,9-11H2,1-2H3. The lowest BCUT2D eigenvalue weighted by atomic mass is 10.1. The summed E-state index contributed by atoms with van der Waals surface area (Å²) in [6.07, 6.45) is 0.484. The molecule has 0 fully saturated rings. The number of fused-ring (bicyclic) bond motifs is 1. The van der Waals surface area contributed by atoms with Crippen LogP contribution in [0.25, 0.3) is 10.9 Å². The second kappa shape index (κ2) is 6.88. The first-order valence-electron chi connectivity index (χ1n) is 6.73. The van der Waals surface area contributed by atoms with Crippen LogP contribution in [-0.4, -0.2) is 31.8 Å². The van der Waals surface area contributed by atoms with Crippen LogP contribution in [0.15, 0.2) is 30.3 Å². The molecule has 20 heavy (non-hydrogen) atoms. The van der Waals surface area contributed by atoms with E-state index >= 15 is 0 Å². The summed E-state index contributed by atoms with van der Waals surface area (Å²) in [4.78, 5) is 6.86. The highest BCUT2D eigenvalue weighted by Gasteiger charge is 2.11. The number of nitrogens with zero attached hydrogens (tertiary/aromatic N) is 3. The van der Waals surface area contributed by atoms with Crippen LogP contribution >= 0.6 is 0 Å². The molecular weight excluding hydrogens is 250 g/mol. The summed E-state index contributed by atoms with van der Waals surface area (Å²) < 4.78 is 5.15. The van der Waals surface area contributed by atoms with Gasteiger partial charge in [0.2, 0.25) is 0 Å².